The summed E-state index contributed by atoms with van der Waals surface area (Å²) in [5.74, 6) is 1.60. The first-order valence-corrected chi connectivity index (χ1v) is 11.6. The molecular formula is C19H33IN4O3S. The number of likely N-dealkylation sites (tertiary alicyclic amines) is 1. The van der Waals surface area contributed by atoms with Crippen LogP contribution in [0.15, 0.2) is 29.3 Å². The van der Waals surface area contributed by atoms with Crippen molar-refractivity contribution in [1.82, 2.24) is 15.5 Å². The van der Waals surface area contributed by atoms with Crippen LogP contribution < -0.4 is 15.4 Å². The number of sulfone groups is 1. The Morgan fingerprint density at radius 1 is 1.25 bits per heavy atom. The molecule has 1 saturated heterocycles. The van der Waals surface area contributed by atoms with Crippen LogP contribution in [0.25, 0.3) is 0 Å². The van der Waals surface area contributed by atoms with E-state index in [2.05, 4.69) is 21.6 Å². The van der Waals surface area contributed by atoms with Crippen LogP contribution in [-0.4, -0.2) is 71.1 Å². The number of halogens is 1. The van der Waals surface area contributed by atoms with Crippen molar-refractivity contribution in [3.05, 3.63) is 29.8 Å². The first-order valence-electron chi connectivity index (χ1n) is 9.51. The van der Waals surface area contributed by atoms with E-state index in [0.29, 0.717) is 25.6 Å². The maximum Gasteiger partial charge on any atom is 0.191 e. The lowest BCUT2D eigenvalue weighted by Gasteiger charge is -2.28. The number of aliphatic imine (C=N–C) groups is 1. The van der Waals surface area contributed by atoms with Gasteiger partial charge in [-0.25, -0.2) is 8.42 Å². The van der Waals surface area contributed by atoms with Crippen LogP contribution in [0.5, 0.6) is 5.75 Å². The predicted molar refractivity (Wildman–Crippen MR) is 126 cm³/mol. The number of benzene rings is 1. The van der Waals surface area contributed by atoms with Crippen LogP contribution in [0.3, 0.4) is 0 Å². The van der Waals surface area contributed by atoms with Gasteiger partial charge in [0.2, 0.25) is 0 Å². The quantitative estimate of drug-likeness (QED) is 0.293. The zero-order valence-electron chi connectivity index (χ0n) is 17.0. The van der Waals surface area contributed by atoms with Crippen molar-refractivity contribution < 1.29 is 13.2 Å². The number of rotatable bonds is 9. The van der Waals surface area contributed by atoms with E-state index in [1.54, 1.807) is 7.11 Å². The average Bonchev–Trinajstić information content (AvgIpc) is 3.15. The SMILES string of the molecule is CCNC(=NCC(c1ccccc1OC)N1CCCC1)NCCS(C)(=O)=O.I. The molecule has 1 unspecified atom stereocenters. The number of methoxy groups -OCH3 is 1. The highest BCUT2D eigenvalue weighted by Crippen LogP contribution is 2.31. The molecule has 0 radical (unpaired) electrons. The molecule has 0 aromatic heterocycles. The zero-order chi connectivity index (χ0) is 19.7. The van der Waals surface area contributed by atoms with Crippen molar-refractivity contribution in [3.8, 4) is 5.75 Å². The molecule has 1 heterocycles. The summed E-state index contributed by atoms with van der Waals surface area (Å²) in [4.78, 5) is 7.18. The molecule has 1 aromatic carbocycles. The Labute approximate surface area is 186 Å². The molecule has 1 aromatic rings. The minimum atomic E-state index is -3.00. The van der Waals surface area contributed by atoms with E-state index in [0.717, 1.165) is 24.4 Å². The highest BCUT2D eigenvalue weighted by molar-refractivity contribution is 14.0. The number of nitrogens with one attached hydrogen (secondary N) is 2. The van der Waals surface area contributed by atoms with E-state index >= 15 is 0 Å². The maximum atomic E-state index is 11.3. The van der Waals surface area contributed by atoms with Crippen molar-refractivity contribution in [2.75, 3.05) is 51.8 Å². The third kappa shape index (κ3) is 8.12. The van der Waals surface area contributed by atoms with E-state index in [1.807, 2.05) is 25.1 Å². The van der Waals surface area contributed by atoms with Gasteiger partial charge in [0, 0.05) is 24.9 Å². The molecule has 7 nitrogen and oxygen atoms in total. The number of hydrogen-bond acceptors (Lipinski definition) is 5. The van der Waals surface area contributed by atoms with Crippen molar-refractivity contribution in [3.63, 3.8) is 0 Å². The predicted octanol–water partition coefficient (Wildman–Crippen LogP) is 2.05. The number of ether oxygens (including phenoxy) is 1. The minimum Gasteiger partial charge on any atom is -0.496 e. The third-order valence-electron chi connectivity index (χ3n) is 4.61. The Bertz CT molecular complexity index is 722. The van der Waals surface area contributed by atoms with Gasteiger partial charge in [0.15, 0.2) is 5.96 Å². The number of guanidine groups is 1. The summed E-state index contributed by atoms with van der Waals surface area (Å²) < 4.78 is 28.3. The first kappa shape index (κ1) is 25.0. The van der Waals surface area contributed by atoms with E-state index in [9.17, 15) is 8.42 Å². The number of hydrogen-bond donors (Lipinski definition) is 2. The van der Waals surface area contributed by atoms with Gasteiger partial charge < -0.3 is 15.4 Å². The Kier molecular flexibility index (Phi) is 11.1. The van der Waals surface area contributed by atoms with E-state index in [1.165, 1.54) is 19.1 Å². The lowest BCUT2D eigenvalue weighted by atomic mass is 10.0. The molecular weight excluding hydrogens is 491 g/mol. The molecule has 2 rings (SSSR count). The Morgan fingerprint density at radius 3 is 2.54 bits per heavy atom. The van der Waals surface area contributed by atoms with Gasteiger partial charge in [-0.15, -0.1) is 24.0 Å². The standard InChI is InChI=1S/C19H32N4O3S.HI/c1-4-20-19(21-11-14-27(3,24)25)22-15-17(23-12-7-8-13-23)16-9-5-6-10-18(16)26-2;/h5-6,9-10,17H,4,7-8,11-15H2,1-3H3,(H2,20,21,22);1H. The van der Waals surface area contributed by atoms with Crippen LogP contribution in [0, 0.1) is 0 Å². The van der Waals surface area contributed by atoms with Crippen molar-refractivity contribution in [2.24, 2.45) is 4.99 Å². The lowest BCUT2D eigenvalue weighted by molar-refractivity contribution is 0.245. The molecule has 0 spiro atoms. The summed E-state index contributed by atoms with van der Waals surface area (Å²) in [5, 5.41) is 6.30. The van der Waals surface area contributed by atoms with Crippen molar-refractivity contribution in [1.29, 1.82) is 0 Å². The van der Waals surface area contributed by atoms with Gasteiger partial charge in [0.25, 0.3) is 0 Å². The third-order valence-corrected chi connectivity index (χ3v) is 5.56. The van der Waals surface area contributed by atoms with Crippen molar-refractivity contribution in [2.45, 2.75) is 25.8 Å². The molecule has 28 heavy (non-hydrogen) atoms. The summed E-state index contributed by atoms with van der Waals surface area (Å²) >= 11 is 0. The van der Waals surface area contributed by atoms with Gasteiger partial charge in [-0.2, -0.15) is 0 Å². The largest absolute Gasteiger partial charge is 0.496 e. The van der Waals surface area contributed by atoms with E-state index < -0.39 is 9.84 Å². The topological polar surface area (TPSA) is 83.0 Å². The Balaban J connectivity index is 0.00000392. The molecule has 0 aliphatic carbocycles. The van der Waals surface area contributed by atoms with Crippen LogP contribution in [-0.2, 0) is 9.84 Å². The Morgan fingerprint density at radius 2 is 1.93 bits per heavy atom. The zero-order valence-corrected chi connectivity index (χ0v) is 20.1. The highest BCUT2D eigenvalue weighted by Gasteiger charge is 2.25. The fraction of sp³-hybridized carbons (Fsp3) is 0.632. The fourth-order valence-corrected chi connectivity index (χ4v) is 3.75. The normalized spacial score (nSPS) is 16.3. The lowest BCUT2D eigenvalue weighted by Crippen LogP contribution is -2.40. The van der Waals surface area contributed by atoms with Crippen LogP contribution in [0.1, 0.15) is 31.4 Å². The van der Waals surface area contributed by atoms with Gasteiger partial charge in [0.05, 0.1) is 25.4 Å². The summed E-state index contributed by atoms with van der Waals surface area (Å²) in [6.45, 7) is 5.73. The summed E-state index contributed by atoms with van der Waals surface area (Å²) in [6, 6.07) is 8.22. The molecule has 2 N–H and O–H groups in total. The van der Waals surface area contributed by atoms with Gasteiger partial charge >= 0.3 is 0 Å². The maximum absolute atomic E-state index is 11.3. The molecule has 0 amide bonds. The molecule has 0 saturated carbocycles. The second-order valence-electron chi connectivity index (χ2n) is 6.78. The fourth-order valence-electron chi connectivity index (χ4n) is 3.28. The van der Waals surface area contributed by atoms with Crippen LogP contribution >= 0.6 is 24.0 Å². The van der Waals surface area contributed by atoms with E-state index in [-0.39, 0.29) is 35.8 Å². The second kappa shape index (κ2) is 12.5. The summed E-state index contributed by atoms with van der Waals surface area (Å²) in [5.41, 5.74) is 1.14. The van der Waals surface area contributed by atoms with Gasteiger partial charge in [0.1, 0.15) is 15.6 Å². The molecule has 9 heteroatoms. The van der Waals surface area contributed by atoms with Crippen LogP contribution in [0.4, 0.5) is 0 Å². The van der Waals surface area contributed by atoms with Gasteiger partial charge in [-0.05, 0) is 38.9 Å². The molecule has 1 aliphatic rings. The average molecular weight is 524 g/mol. The molecule has 160 valence electrons. The monoisotopic (exact) mass is 524 g/mol. The molecule has 1 atom stereocenters. The second-order valence-corrected chi connectivity index (χ2v) is 9.04. The van der Waals surface area contributed by atoms with Gasteiger partial charge in [-0.1, -0.05) is 18.2 Å². The first-order chi connectivity index (χ1) is 12.9. The number of nitrogens with zero attached hydrogens (tertiary/aromatic N) is 2. The van der Waals surface area contributed by atoms with Gasteiger partial charge in [-0.3, -0.25) is 9.89 Å². The number of para-hydroxylation sites is 1. The molecule has 1 fully saturated rings. The molecule has 0 bridgehead atoms. The Hall–Kier alpha value is -1.07. The minimum absolute atomic E-state index is 0. The van der Waals surface area contributed by atoms with Crippen LogP contribution in [0.2, 0.25) is 0 Å². The van der Waals surface area contributed by atoms with E-state index in [4.69, 9.17) is 9.73 Å². The molecule has 1 aliphatic heterocycles. The van der Waals surface area contributed by atoms with Crippen molar-refractivity contribution >= 4 is 39.8 Å². The highest BCUT2D eigenvalue weighted by atomic mass is 127. The summed E-state index contributed by atoms with van der Waals surface area (Å²) in [7, 11) is -1.31. The smallest absolute Gasteiger partial charge is 0.191 e. The summed E-state index contributed by atoms with van der Waals surface area (Å²) in [6.07, 6.45) is 3.63.